The summed E-state index contributed by atoms with van der Waals surface area (Å²) in [7, 11) is 0. The lowest BCUT2D eigenvalue weighted by molar-refractivity contribution is -0.145. The molecule has 0 saturated heterocycles. The van der Waals surface area contributed by atoms with Crippen molar-refractivity contribution in [3.8, 4) is 0 Å². The minimum atomic E-state index is -0.476. The first-order chi connectivity index (χ1) is 9.72. The van der Waals surface area contributed by atoms with E-state index < -0.39 is 6.04 Å². The molecule has 0 aromatic heterocycles. The predicted octanol–water partition coefficient (Wildman–Crippen LogP) is 3.13. The van der Waals surface area contributed by atoms with Gasteiger partial charge in [-0.25, -0.2) is 0 Å². The van der Waals surface area contributed by atoms with Gasteiger partial charge in [-0.3, -0.25) is 4.79 Å². The largest absolute Gasteiger partial charge is 0.465 e. The van der Waals surface area contributed by atoms with E-state index in [-0.39, 0.29) is 5.97 Å². The molecule has 4 heteroatoms. The van der Waals surface area contributed by atoms with Crippen molar-refractivity contribution in [3.05, 3.63) is 0 Å². The molecule has 0 aliphatic carbocycles. The molecule has 120 valence electrons. The number of carbonyl (C=O) groups is 1. The molecule has 0 bridgehead atoms. The molecular formula is C16H34N2O2. The molecule has 0 aromatic carbocycles. The Morgan fingerprint density at radius 1 is 0.950 bits per heavy atom. The van der Waals surface area contributed by atoms with Crippen LogP contribution in [0.5, 0.6) is 0 Å². The van der Waals surface area contributed by atoms with E-state index in [9.17, 15) is 4.79 Å². The first-order valence-corrected chi connectivity index (χ1v) is 8.34. The van der Waals surface area contributed by atoms with Crippen molar-refractivity contribution in [1.82, 2.24) is 0 Å². The maximum absolute atomic E-state index is 11.6. The molecular weight excluding hydrogens is 252 g/mol. The van der Waals surface area contributed by atoms with Gasteiger partial charge in [0.05, 0.1) is 6.61 Å². The lowest BCUT2D eigenvalue weighted by Crippen LogP contribution is -2.32. The van der Waals surface area contributed by atoms with Gasteiger partial charge >= 0.3 is 5.97 Å². The third-order valence-corrected chi connectivity index (χ3v) is 3.51. The molecule has 0 aliphatic rings. The van der Waals surface area contributed by atoms with E-state index in [1.807, 2.05) is 0 Å². The first kappa shape index (κ1) is 19.4. The zero-order chi connectivity index (χ0) is 15.1. The van der Waals surface area contributed by atoms with E-state index in [0.29, 0.717) is 19.6 Å². The fourth-order valence-corrected chi connectivity index (χ4v) is 2.14. The van der Waals surface area contributed by atoms with Gasteiger partial charge in [-0.2, -0.15) is 0 Å². The van der Waals surface area contributed by atoms with Gasteiger partial charge in [-0.05, 0) is 25.8 Å². The van der Waals surface area contributed by atoms with Gasteiger partial charge in [0.1, 0.15) is 6.04 Å². The highest BCUT2D eigenvalue weighted by Gasteiger charge is 2.13. The van der Waals surface area contributed by atoms with Gasteiger partial charge in [0.15, 0.2) is 0 Å². The van der Waals surface area contributed by atoms with E-state index in [0.717, 1.165) is 25.7 Å². The van der Waals surface area contributed by atoms with Gasteiger partial charge in [0, 0.05) is 0 Å². The van der Waals surface area contributed by atoms with Crippen molar-refractivity contribution in [3.63, 3.8) is 0 Å². The lowest BCUT2D eigenvalue weighted by Gasteiger charge is -2.11. The van der Waals surface area contributed by atoms with E-state index >= 15 is 0 Å². The number of rotatable bonds is 14. The maximum atomic E-state index is 11.6. The maximum Gasteiger partial charge on any atom is 0.322 e. The third-order valence-electron chi connectivity index (χ3n) is 3.51. The van der Waals surface area contributed by atoms with Crippen LogP contribution in [0, 0.1) is 0 Å². The molecule has 0 aromatic rings. The zero-order valence-electron chi connectivity index (χ0n) is 13.2. The topological polar surface area (TPSA) is 78.3 Å². The van der Waals surface area contributed by atoms with E-state index in [2.05, 4.69) is 6.92 Å². The van der Waals surface area contributed by atoms with Crippen LogP contribution in [-0.4, -0.2) is 25.2 Å². The summed E-state index contributed by atoms with van der Waals surface area (Å²) in [5, 5.41) is 0. The molecule has 0 fully saturated rings. The van der Waals surface area contributed by atoms with Crippen molar-refractivity contribution < 1.29 is 9.53 Å². The highest BCUT2D eigenvalue weighted by molar-refractivity contribution is 5.75. The van der Waals surface area contributed by atoms with Gasteiger partial charge in [0.2, 0.25) is 0 Å². The van der Waals surface area contributed by atoms with Gasteiger partial charge in [0.25, 0.3) is 0 Å². The third kappa shape index (κ3) is 12.4. The molecule has 0 amide bonds. The molecule has 0 rings (SSSR count). The van der Waals surface area contributed by atoms with Crippen LogP contribution in [-0.2, 0) is 9.53 Å². The molecule has 20 heavy (non-hydrogen) atoms. The average Bonchev–Trinajstić information content (AvgIpc) is 2.45. The van der Waals surface area contributed by atoms with Crippen molar-refractivity contribution >= 4 is 5.97 Å². The number of esters is 1. The summed E-state index contributed by atoms with van der Waals surface area (Å²) < 4.78 is 5.18. The van der Waals surface area contributed by atoms with Crippen LogP contribution >= 0.6 is 0 Å². The van der Waals surface area contributed by atoms with Crippen LogP contribution in [0.15, 0.2) is 0 Å². The summed E-state index contributed by atoms with van der Waals surface area (Å²) in [5.74, 6) is -0.259. The number of nitrogens with two attached hydrogens (primary N) is 2. The van der Waals surface area contributed by atoms with Crippen LogP contribution < -0.4 is 11.5 Å². The Bertz CT molecular complexity index is 223. The minimum absolute atomic E-state index is 0.259. The Morgan fingerprint density at radius 2 is 1.55 bits per heavy atom. The molecule has 0 radical (unpaired) electrons. The summed E-state index contributed by atoms with van der Waals surface area (Å²) in [6.45, 7) is 3.40. The second kappa shape index (κ2) is 14.8. The Balaban J connectivity index is 3.30. The molecule has 0 aliphatic heterocycles. The van der Waals surface area contributed by atoms with E-state index in [4.69, 9.17) is 16.2 Å². The number of carbonyl (C=O) groups excluding carboxylic acids is 1. The number of unbranched alkanes of at least 4 members (excludes halogenated alkanes) is 8. The van der Waals surface area contributed by atoms with E-state index in [1.165, 1.54) is 38.5 Å². The van der Waals surface area contributed by atoms with Crippen LogP contribution in [0.1, 0.15) is 77.6 Å². The molecule has 4 nitrogen and oxygen atoms in total. The Labute approximate surface area is 124 Å². The second-order valence-electron chi connectivity index (χ2n) is 5.53. The second-order valence-corrected chi connectivity index (χ2v) is 5.53. The smallest absolute Gasteiger partial charge is 0.322 e. The van der Waals surface area contributed by atoms with Crippen LogP contribution in [0.25, 0.3) is 0 Å². The number of hydrogen-bond acceptors (Lipinski definition) is 4. The summed E-state index contributed by atoms with van der Waals surface area (Å²) in [4.78, 5) is 11.6. The fraction of sp³-hybridized carbons (Fsp3) is 0.938. The minimum Gasteiger partial charge on any atom is -0.465 e. The van der Waals surface area contributed by atoms with Crippen molar-refractivity contribution in [1.29, 1.82) is 0 Å². The highest BCUT2D eigenvalue weighted by Crippen LogP contribution is 2.08. The quantitative estimate of drug-likeness (QED) is 0.380. The SMILES string of the molecule is CCCCCCCCCCOC(=O)C(N)CCCCN. The molecule has 0 saturated carbocycles. The van der Waals surface area contributed by atoms with Crippen molar-refractivity contribution in [2.24, 2.45) is 11.5 Å². The fourth-order valence-electron chi connectivity index (χ4n) is 2.14. The molecule has 4 N–H and O–H groups in total. The molecule has 0 heterocycles. The monoisotopic (exact) mass is 286 g/mol. The Morgan fingerprint density at radius 3 is 2.15 bits per heavy atom. The Hall–Kier alpha value is -0.610. The molecule has 0 spiro atoms. The average molecular weight is 286 g/mol. The van der Waals surface area contributed by atoms with Crippen LogP contribution in [0.3, 0.4) is 0 Å². The van der Waals surface area contributed by atoms with Gasteiger partial charge < -0.3 is 16.2 Å². The van der Waals surface area contributed by atoms with Crippen molar-refractivity contribution in [2.75, 3.05) is 13.2 Å². The summed E-state index contributed by atoms with van der Waals surface area (Å²) in [5.41, 5.74) is 11.2. The normalized spacial score (nSPS) is 12.3. The summed E-state index contributed by atoms with van der Waals surface area (Å²) in [6, 6.07) is -0.476. The van der Waals surface area contributed by atoms with Crippen molar-refractivity contribution in [2.45, 2.75) is 83.6 Å². The number of ether oxygens (including phenoxy) is 1. The van der Waals surface area contributed by atoms with Crippen LogP contribution in [0.2, 0.25) is 0 Å². The van der Waals surface area contributed by atoms with Crippen LogP contribution in [0.4, 0.5) is 0 Å². The molecule has 1 unspecified atom stereocenters. The summed E-state index contributed by atoms with van der Waals surface area (Å²) >= 11 is 0. The summed E-state index contributed by atoms with van der Waals surface area (Å²) in [6.07, 6.45) is 12.4. The van der Waals surface area contributed by atoms with Gasteiger partial charge in [-0.15, -0.1) is 0 Å². The van der Waals surface area contributed by atoms with E-state index in [1.54, 1.807) is 0 Å². The standard InChI is InChI=1S/C16H34N2O2/c1-2-3-4-5-6-7-8-11-14-20-16(19)15(18)12-9-10-13-17/h15H,2-14,17-18H2,1H3. The number of hydrogen-bond donors (Lipinski definition) is 2. The molecule has 1 atom stereocenters. The highest BCUT2D eigenvalue weighted by atomic mass is 16.5. The lowest BCUT2D eigenvalue weighted by atomic mass is 10.1. The van der Waals surface area contributed by atoms with Gasteiger partial charge in [-0.1, -0.05) is 58.3 Å². The Kier molecular flexibility index (Phi) is 14.3. The zero-order valence-corrected chi connectivity index (χ0v) is 13.2. The predicted molar refractivity (Wildman–Crippen MR) is 84.4 cm³/mol. The first-order valence-electron chi connectivity index (χ1n) is 8.34.